The van der Waals surface area contributed by atoms with Crippen LogP contribution in [0.1, 0.15) is 12.5 Å². The molecule has 9 heteroatoms. The van der Waals surface area contributed by atoms with Crippen LogP contribution in [0.5, 0.6) is 11.5 Å². The Morgan fingerprint density at radius 3 is 2.56 bits per heavy atom. The molecule has 1 aromatic rings. The predicted octanol–water partition coefficient (Wildman–Crippen LogP) is 0.0836. The smallest absolute Gasteiger partial charge is 0.325 e. The van der Waals surface area contributed by atoms with Gasteiger partial charge in [-0.15, -0.1) is 0 Å². The Bertz CT molecular complexity index is 791. The Hall–Kier alpha value is -2.81. The molecule has 0 saturated carbocycles. The van der Waals surface area contributed by atoms with E-state index in [-0.39, 0.29) is 12.5 Å². The Morgan fingerprint density at radius 2 is 1.81 bits per heavy atom. The Morgan fingerprint density at radius 1 is 1.11 bits per heavy atom. The van der Waals surface area contributed by atoms with Crippen LogP contribution in [-0.4, -0.2) is 73.7 Å². The Balaban J connectivity index is 1.53. The fourth-order valence-electron chi connectivity index (χ4n) is 3.44. The number of carbonyl (C=O) groups is 3. The van der Waals surface area contributed by atoms with Crippen molar-refractivity contribution in [3.8, 4) is 11.5 Å². The highest BCUT2D eigenvalue weighted by molar-refractivity contribution is 6.09. The van der Waals surface area contributed by atoms with Crippen LogP contribution in [0.3, 0.4) is 0 Å². The molecular weight excluding hydrogens is 354 g/mol. The highest BCUT2D eigenvalue weighted by Crippen LogP contribution is 2.36. The third kappa shape index (κ3) is 3.08. The van der Waals surface area contributed by atoms with E-state index < -0.39 is 17.5 Å². The molecule has 0 bridgehead atoms. The molecule has 9 nitrogen and oxygen atoms in total. The van der Waals surface area contributed by atoms with Crippen molar-refractivity contribution >= 4 is 17.8 Å². The van der Waals surface area contributed by atoms with Gasteiger partial charge < -0.3 is 24.4 Å². The molecular formula is C18H21N3O6. The fourth-order valence-corrected chi connectivity index (χ4v) is 3.44. The van der Waals surface area contributed by atoms with E-state index in [1.807, 2.05) is 0 Å². The van der Waals surface area contributed by atoms with Crippen molar-refractivity contribution in [2.24, 2.45) is 0 Å². The van der Waals surface area contributed by atoms with Crippen LogP contribution in [0.2, 0.25) is 0 Å². The first-order valence-electron chi connectivity index (χ1n) is 8.89. The maximum atomic E-state index is 13.0. The van der Waals surface area contributed by atoms with Crippen molar-refractivity contribution < 1.29 is 28.6 Å². The zero-order chi connectivity index (χ0) is 19.0. The number of benzene rings is 1. The van der Waals surface area contributed by atoms with Gasteiger partial charge in [0.05, 0.1) is 13.2 Å². The molecule has 0 unspecified atom stereocenters. The number of fused-ring (bicyclic) bond motifs is 1. The number of urea groups is 1. The van der Waals surface area contributed by atoms with Gasteiger partial charge in [0.25, 0.3) is 5.91 Å². The predicted molar refractivity (Wildman–Crippen MR) is 92.4 cm³/mol. The van der Waals surface area contributed by atoms with Crippen molar-refractivity contribution in [1.82, 2.24) is 15.1 Å². The SMILES string of the molecule is C[C@]1(c2ccc3c(c2)OCCO3)NC(=O)N(CC(=O)N2CCOCC2)C1=O. The Kier molecular flexibility index (Phi) is 4.39. The van der Waals surface area contributed by atoms with E-state index in [0.29, 0.717) is 56.6 Å². The van der Waals surface area contributed by atoms with Crippen LogP contribution in [0.15, 0.2) is 18.2 Å². The van der Waals surface area contributed by atoms with Crippen molar-refractivity contribution in [2.75, 3.05) is 46.1 Å². The van der Waals surface area contributed by atoms with Crippen LogP contribution < -0.4 is 14.8 Å². The lowest BCUT2D eigenvalue weighted by molar-refractivity contribution is -0.141. The summed E-state index contributed by atoms with van der Waals surface area (Å²) in [5.41, 5.74) is -0.690. The molecule has 1 N–H and O–H groups in total. The standard InChI is InChI=1S/C18H21N3O6/c1-18(12-2-3-13-14(10-12)27-9-8-26-13)16(23)21(17(24)19-18)11-15(22)20-4-6-25-7-5-20/h2-3,10H,4-9,11H2,1H3,(H,19,24)/t18-/m1/s1. The molecule has 1 aromatic carbocycles. The van der Waals surface area contributed by atoms with Crippen LogP contribution in [0.25, 0.3) is 0 Å². The van der Waals surface area contributed by atoms with Gasteiger partial charge in [0.15, 0.2) is 11.5 Å². The van der Waals surface area contributed by atoms with Crippen molar-refractivity contribution in [3.63, 3.8) is 0 Å². The van der Waals surface area contributed by atoms with Gasteiger partial charge in [0.2, 0.25) is 5.91 Å². The number of nitrogens with zero attached hydrogens (tertiary/aromatic N) is 2. The molecule has 0 spiro atoms. The summed E-state index contributed by atoms with van der Waals surface area (Å²) in [4.78, 5) is 40.4. The van der Waals surface area contributed by atoms with Crippen LogP contribution in [0, 0.1) is 0 Å². The monoisotopic (exact) mass is 375 g/mol. The van der Waals surface area contributed by atoms with Crippen molar-refractivity contribution in [2.45, 2.75) is 12.5 Å². The van der Waals surface area contributed by atoms with E-state index >= 15 is 0 Å². The van der Waals surface area contributed by atoms with Crippen LogP contribution in [0.4, 0.5) is 4.79 Å². The number of nitrogens with one attached hydrogen (secondary N) is 1. The van der Waals surface area contributed by atoms with Gasteiger partial charge in [-0.25, -0.2) is 4.79 Å². The second-order valence-corrected chi connectivity index (χ2v) is 6.80. The summed E-state index contributed by atoms with van der Waals surface area (Å²) < 4.78 is 16.3. The average Bonchev–Trinajstić information content (AvgIpc) is 2.92. The van der Waals surface area contributed by atoms with Crippen molar-refractivity contribution in [3.05, 3.63) is 23.8 Å². The summed E-state index contributed by atoms with van der Waals surface area (Å²) in [6.07, 6.45) is 0. The molecule has 4 amide bonds. The first-order valence-corrected chi connectivity index (χ1v) is 8.89. The van der Waals surface area contributed by atoms with Gasteiger partial charge in [0.1, 0.15) is 25.3 Å². The van der Waals surface area contributed by atoms with Gasteiger partial charge in [-0.1, -0.05) is 6.07 Å². The minimum Gasteiger partial charge on any atom is -0.486 e. The summed E-state index contributed by atoms with van der Waals surface area (Å²) in [7, 11) is 0. The van der Waals surface area contributed by atoms with Gasteiger partial charge >= 0.3 is 6.03 Å². The number of amides is 4. The van der Waals surface area contributed by atoms with E-state index in [0.717, 1.165) is 4.90 Å². The number of imide groups is 1. The topological polar surface area (TPSA) is 97.4 Å². The summed E-state index contributed by atoms with van der Waals surface area (Å²) in [6, 6.07) is 4.55. The summed E-state index contributed by atoms with van der Waals surface area (Å²) in [5.74, 6) is 0.397. The highest BCUT2D eigenvalue weighted by atomic mass is 16.6. The fraction of sp³-hybridized carbons (Fsp3) is 0.500. The third-order valence-electron chi connectivity index (χ3n) is 5.05. The van der Waals surface area contributed by atoms with E-state index in [4.69, 9.17) is 14.2 Å². The zero-order valence-corrected chi connectivity index (χ0v) is 15.0. The number of morpholine rings is 1. The zero-order valence-electron chi connectivity index (χ0n) is 15.0. The summed E-state index contributed by atoms with van der Waals surface area (Å²) >= 11 is 0. The molecule has 2 saturated heterocycles. The van der Waals surface area contributed by atoms with Gasteiger partial charge in [0, 0.05) is 13.1 Å². The van der Waals surface area contributed by atoms with E-state index in [2.05, 4.69) is 5.32 Å². The lowest BCUT2D eigenvalue weighted by Crippen LogP contribution is -2.47. The molecule has 3 heterocycles. The maximum absolute atomic E-state index is 13.0. The van der Waals surface area contributed by atoms with E-state index in [9.17, 15) is 14.4 Å². The molecule has 144 valence electrons. The maximum Gasteiger partial charge on any atom is 0.325 e. The number of ether oxygens (including phenoxy) is 3. The number of hydrogen-bond donors (Lipinski definition) is 1. The molecule has 4 rings (SSSR count). The normalized spacial score (nSPS) is 24.8. The largest absolute Gasteiger partial charge is 0.486 e. The van der Waals surface area contributed by atoms with Gasteiger partial charge in [-0.2, -0.15) is 0 Å². The van der Waals surface area contributed by atoms with Gasteiger partial charge in [-0.3, -0.25) is 14.5 Å². The van der Waals surface area contributed by atoms with Gasteiger partial charge in [-0.05, 0) is 24.6 Å². The lowest BCUT2D eigenvalue weighted by Gasteiger charge is -2.28. The molecule has 0 radical (unpaired) electrons. The van der Waals surface area contributed by atoms with Crippen LogP contribution in [-0.2, 0) is 19.9 Å². The molecule has 3 aliphatic rings. The second kappa shape index (κ2) is 6.73. The lowest BCUT2D eigenvalue weighted by atomic mass is 9.91. The number of rotatable bonds is 3. The minimum atomic E-state index is -1.27. The highest BCUT2D eigenvalue weighted by Gasteiger charge is 2.50. The minimum absolute atomic E-state index is 0.270. The first-order chi connectivity index (χ1) is 13.0. The van der Waals surface area contributed by atoms with Crippen molar-refractivity contribution in [1.29, 1.82) is 0 Å². The molecule has 2 fully saturated rings. The molecule has 0 aliphatic carbocycles. The number of hydrogen-bond acceptors (Lipinski definition) is 6. The summed E-state index contributed by atoms with van der Waals surface area (Å²) in [6.45, 7) is 4.07. The second-order valence-electron chi connectivity index (χ2n) is 6.80. The molecule has 27 heavy (non-hydrogen) atoms. The summed E-state index contributed by atoms with van der Waals surface area (Å²) in [5, 5.41) is 2.71. The number of carbonyl (C=O) groups excluding carboxylic acids is 3. The molecule has 1 atom stereocenters. The van der Waals surface area contributed by atoms with E-state index in [1.165, 1.54) is 0 Å². The van der Waals surface area contributed by atoms with E-state index in [1.54, 1.807) is 30.0 Å². The molecule has 3 aliphatic heterocycles. The molecule has 0 aromatic heterocycles. The van der Waals surface area contributed by atoms with Crippen LogP contribution >= 0.6 is 0 Å². The Labute approximate surface area is 156 Å². The average molecular weight is 375 g/mol. The quantitative estimate of drug-likeness (QED) is 0.752. The first kappa shape index (κ1) is 17.6. The third-order valence-corrected chi connectivity index (χ3v) is 5.05.